The first-order valence-electron chi connectivity index (χ1n) is 9.64. The van der Waals surface area contributed by atoms with Gasteiger partial charge in [-0.1, -0.05) is 0 Å². The molecular formula is C22H19F4N3O3. The van der Waals surface area contributed by atoms with E-state index in [2.05, 4.69) is 15.3 Å². The minimum Gasteiger partial charge on any atom is -0.505 e. The molecule has 0 fully saturated rings. The molecule has 0 spiro atoms. The van der Waals surface area contributed by atoms with Gasteiger partial charge in [0, 0.05) is 23.5 Å². The molecule has 2 unspecified atom stereocenters. The topological polar surface area (TPSA) is 95.3 Å². The van der Waals surface area contributed by atoms with Crippen LogP contribution in [0.15, 0.2) is 36.7 Å². The van der Waals surface area contributed by atoms with Crippen LogP contribution < -0.4 is 5.32 Å². The largest absolute Gasteiger partial charge is 0.505 e. The van der Waals surface area contributed by atoms with Gasteiger partial charge in [0.05, 0.1) is 22.5 Å². The Balaban J connectivity index is 1.86. The Kier molecular flexibility index (Phi) is 4.71. The number of phenolic OH excluding ortho intramolecular Hbond substituents is 1. The van der Waals surface area contributed by atoms with Crippen molar-refractivity contribution in [3.05, 3.63) is 65.0 Å². The van der Waals surface area contributed by atoms with Gasteiger partial charge in [0.1, 0.15) is 0 Å². The van der Waals surface area contributed by atoms with Crippen molar-refractivity contribution >= 4 is 16.9 Å². The van der Waals surface area contributed by atoms with Crippen molar-refractivity contribution in [3.8, 4) is 5.75 Å². The molecule has 2 atom stereocenters. The number of fused-ring (bicyclic) bond motifs is 2. The number of nitrogens with one attached hydrogen (secondary N) is 1. The van der Waals surface area contributed by atoms with E-state index >= 15 is 8.78 Å². The fourth-order valence-corrected chi connectivity index (χ4v) is 4.33. The summed E-state index contributed by atoms with van der Waals surface area (Å²) in [7, 11) is 0. The van der Waals surface area contributed by atoms with Crippen LogP contribution in [0.2, 0.25) is 0 Å². The first kappa shape index (κ1) is 21.9. The molecule has 1 amide bonds. The van der Waals surface area contributed by atoms with Gasteiger partial charge in [0.25, 0.3) is 11.8 Å². The summed E-state index contributed by atoms with van der Waals surface area (Å²) < 4.78 is 59.0. The van der Waals surface area contributed by atoms with E-state index in [1.165, 1.54) is 30.6 Å². The third-order valence-electron chi connectivity index (χ3n) is 6.15. The van der Waals surface area contributed by atoms with Crippen LogP contribution in [0.4, 0.5) is 17.6 Å². The normalized spacial score (nSPS) is 23.6. The second-order valence-electron chi connectivity index (χ2n) is 8.50. The number of amides is 1. The summed E-state index contributed by atoms with van der Waals surface area (Å²) in [6.45, 7) is 2.79. The average molecular weight is 449 g/mol. The van der Waals surface area contributed by atoms with Crippen LogP contribution in [0, 0.1) is 11.6 Å². The third kappa shape index (κ3) is 2.85. The SMILES string of the molecule is CC1(C)c2c(cc(F)c(F)c2O)C(NC(=O)c2ccc3nccnc3c2)C(C)(O)C1(F)F. The van der Waals surface area contributed by atoms with E-state index in [1.54, 1.807) is 0 Å². The summed E-state index contributed by atoms with van der Waals surface area (Å²) in [6, 6.07) is 3.00. The highest BCUT2D eigenvalue weighted by atomic mass is 19.3. The molecule has 168 valence electrons. The predicted molar refractivity (Wildman–Crippen MR) is 106 cm³/mol. The van der Waals surface area contributed by atoms with Gasteiger partial charge in [-0.25, -0.2) is 13.2 Å². The van der Waals surface area contributed by atoms with Crippen molar-refractivity contribution in [2.75, 3.05) is 0 Å². The highest BCUT2D eigenvalue weighted by Gasteiger charge is 2.68. The number of aliphatic hydroxyl groups is 1. The van der Waals surface area contributed by atoms with Crippen molar-refractivity contribution in [1.82, 2.24) is 15.3 Å². The van der Waals surface area contributed by atoms with E-state index in [9.17, 15) is 23.8 Å². The number of alkyl halides is 2. The molecule has 0 bridgehead atoms. The number of aromatic nitrogens is 2. The standard InChI is InChI=1S/C22H19F4N3O3/c1-20(2)15-11(9-12(23)16(24)17(15)30)18(21(3,32)22(20,25)26)29-19(31)10-4-5-13-14(8-10)28-7-6-27-13/h4-9,18,30,32H,1-3H3,(H,29,31). The lowest BCUT2D eigenvalue weighted by Crippen LogP contribution is -2.66. The first-order chi connectivity index (χ1) is 14.8. The average Bonchev–Trinajstić information content (AvgIpc) is 2.73. The summed E-state index contributed by atoms with van der Waals surface area (Å²) in [4.78, 5) is 21.1. The smallest absolute Gasteiger partial charge is 0.287 e. The molecule has 0 aliphatic heterocycles. The quantitative estimate of drug-likeness (QED) is 0.518. The number of phenols is 1. The van der Waals surface area contributed by atoms with E-state index in [-0.39, 0.29) is 11.1 Å². The Hall–Kier alpha value is -3.27. The monoisotopic (exact) mass is 449 g/mol. The number of benzene rings is 2. The van der Waals surface area contributed by atoms with Crippen LogP contribution in [0.5, 0.6) is 5.75 Å². The van der Waals surface area contributed by atoms with Crippen molar-refractivity contribution < 1.29 is 32.6 Å². The Morgan fingerprint density at radius 1 is 1.06 bits per heavy atom. The van der Waals surface area contributed by atoms with Crippen molar-refractivity contribution in [2.45, 2.75) is 43.8 Å². The molecule has 6 nitrogen and oxygen atoms in total. The second-order valence-corrected chi connectivity index (χ2v) is 8.50. The summed E-state index contributed by atoms with van der Waals surface area (Å²) in [5.41, 5.74) is -5.26. The Labute approximate surface area is 179 Å². The Bertz CT molecular complexity index is 1260. The molecule has 10 heteroatoms. The molecule has 3 aromatic rings. The molecule has 32 heavy (non-hydrogen) atoms. The second kappa shape index (κ2) is 6.86. The predicted octanol–water partition coefficient (Wildman–Crippen LogP) is 3.76. The number of halogens is 4. The fourth-order valence-electron chi connectivity index (χ4n) is 4.33. The molecule has 0 radical (unpaired) electrons. The van der Waals surface area contributed by atoms with Gasteiger partial charge in [-0.05, 0) is 50.6 Å². The lowest BCUT2D eigenvalue weighted by molar-refractivity contribution is -0.228. The molecule has 0 saturated carbocycles. The molecule has 1 aliphatic rings. The van der Waals surface area contributed by atoms with Crippen LogP contribution in [0.3, 0.4) is 0 Å². The van der Waals surface area contributed by atoms with Crippen LogP contribution in [-0.4, -0.2) is 37.6 Å². The molecule has 1 aromatic heterocycles. The van der Waals surface area contributed by atoms with Gasteiger partial charge in [0.2, 0.25) is 5.82 Å². The molecule has 4 rings (SSSR count). The minimum atomic E-state index is -3.96. The van der Waals surface area contributed by atoms with E-state index in [4.69, 9.17) is 0 Å². The van der Waals surface area contributed by atoms with E-state index < -0.39 is 51.8 Å². The maximum atomic E-state index is 15.4. The van der Waals surface area contributed by atoms with Gasteiger partial charge >= 0.3 is 0 Å². The maximum absolute atomic E-state index is 15.4. The lowest BCUT2D eigenvalue weighted by Gasteiger charge is -2.52. The fraction of sp³-hybridized carbons (Fsp3) is 0.318. The lowest BCUT2D eigenvalue weighted by atomic mass is 9.61. The number of rotatable bonds is 2. The molecular weight excluding hydrogens is 430 g/mol. The summed E-state index contributed by atoms with van der Waals surface area (Å²) >= 11 is 0. The number of carbonyl (C=O) groups excluding carboxylic acids is 1. The third-order valence-corrected chi connectivity index (χ3v) is 6.15. The van der Waals surface area contributed by atoms with Crippen molar-refractivity contribution in [1.29, 1.82) is 0 Å². The molecule has 3 N–H and O–H groups in total. The highest BCUT2D eigenvalue weighted by Crippen LogP contribution is 2.58. The van der Waals surface area contributed by atoms with Crippen molar-refractivity contribution in [3.63, 3.8) is 0 Å². The molecule has 2 aromatic carbocycles. The van der Waals surface area contributed by atoms with E-state index in [0.717, 1.165) is 20.8 Å². The molecule has 0 saturated heterocycles. The molecule has 1 aliphatic carbocycles. The van der Waals surface area contributed by atoms with Crippen molar-refractivity contribution in [2.24, 2.45) is 0 Å². The van der Waals surface area contributed by atoms with Crippen LogP contribution in [-0.2, 0) is 5.41 Å². The van der Waals surface area contributed by atoms with Gasteiger partial charge < -0.3 is 15.5 Å². The van der Waals surface area contributed by atoms with Crippen LogP contribution in [0.1, 0.15) is 48.3 Å². The van der Waals surface area contributed by atoms with Crippen LogP contribution in [0.25, 0.3) is 11.0 Å². The van der Waals surface area contributed by atoms with Gasteiger partial charge in [0.15, 0.2) is 17.2 Å². The zero-order valence-corrected chi connectivity index (χ0v) is 17.3. The van der Waals surface area contributed by atoms with Gasteiger partial charge in [-0.3, -0.25) is 14.8 Å². The van der Waals surface area contributed by atoms with E-state index in [1.807, 2.05) is 0 Å². The highest BCUT2D eigenvalue weighted by molar-refractivity contribution is 5.97. The van der Waals surface area contributed by atoms with Crippen LogP contribution >= 0.6 is 0 Å². The maximum Gasteiger partial charge on any atom is 0.287 e. The summed E-state index contributed by atoms with van der Waals surface area (Å²) in [6.07, 6.45) is 2.87. The Morgan fingerprint density at radius 2 is 1.69 bits per heavy atom. The number of aromatic hydroxyl groups is 1. The number of nitrogens with zero attached hydrogens (tertiary/aromatic N) is 2. The zero-order valence-electron chi connectivity index (χ0n) is 17.3. The minimum absolute atomic E-state index is 0.0234. The first-order valence-corrected chi connectivity index (χ1v) is 9.64. The summed E-state index contributed by atoms with van der Waals surface area (Å²) in [5, 5.41) is 23.4. The van der Waals surface area contributed by atoms with E-state index in [0.29, 0.717) is 17.1 Å². The summed E-state index contributed by atoms with van der Waals surface area (Å²) in [5.74, 6) is -9.30. The Morgan fingerprint density at radius 3 is 2.34 bits per heavy atom. The van der Waals surface area contributed by atoms with Gasteiger partial charge in [-0.2, -0.15) is 4.39 Å². The number of hydrogen-bond donors (Lipinski definition) is 3. The number of hydrogen-bond acceptors (Lipinski definition) is 5. The van der Waals surface area contributed by atoms with Gasteiger partial charge in [-0.15, -0.1) is 0 Å². The zero-order chi connectivity index (χ0) is 23.6. The molecule has 1 heterocycles. The number of carbonyl (C=O) groups is 1.